The molecule has 2 rings (SSSR count). The quantitative estimate of drug-likeness (QED) is 0.857. The number of nitrogens with one attached hydrogen (secondary N) is 1. The van der Waals surface area contributed by atoms with Crippen LogP contribution >= 0.6 is 11.6 Å². The number of rotatable bonds is 3. The van der Waals surface area contributed by atoms with Gasteiger partial charge in [0.25, 0.3) is 0 Å². The molecule has 1 aliphatic heterocycles. The molecule has 1 heterocycles. The molecule has 1 aromatic rings. The van der Waals surface area contributed by atoms with Crippen LogP contribution in [0.1, 0.15) is 24.8 Å². The summed E-state index contributed by atoms with van der Waals surface area (Å²) in [5, 5.41) is 2.46. The molecule has 21 heavy (non-hydrogen) atoms. The van der Waals surface area contributed by atoms with Crippen LogP contribution in [0.25, 0.3) is 0 Å². The molecule has 0 radical (unpaired) electrons. The summed E-state index contributed by atoms with van der Waals surface area (Å²) in [5.74, 6) is -0.815. The average molecular weight is 321 g/mol. The molecule has 1 N–H and O–H groups in total. The summed E-state index contributed by atoms with van der Waals surface area (Å²) in [6.45, 7) is 1.55. The van der Waals surface area contributed by atoms with E-state index in [2.05, 4.69) is 5.32 Å². The predicted molar refractivity (Wildman–Crippen MR) is 76.9 cm³/mol. The number of nitrogens with zero attached hydrogens (tertiary/aromatic N) is 1. The highest BCUT2D eigenvalue weighted by Gasteiger charge is 2.31. The van der Waals surface area contributed by atoms with Gasteiger partial charge in [-0.2, -0.15) is 13.2 Å². The molecule has 7 heteroatoms. The first-order valence-corrected chi connectivity index (χ1v) is 7.27. The highest BCUT2D eigenvalue weighted by Crippen LogP contribution is 2.36. The van der Waals surface area contributed by atoms with E-state index in [1.165, 1.54) is 6.07 Å². The largest absolute Gasteiger partial charge is 0.416 e. The maximum atomic E-state index is 12.8. The Morgan fingerprint density at radius 3 is 2.48 bits per heavy atom. The molecule has 3 nitrogen and oxygen atoms in total. The fourth-order valence-corrected chi connectivity index (χ4v) is 2.47. The summed E-state index contributed by atoms with van der Waals surface area (Å²) < 4.78 is 38.4. The molecule has 1 amide bonds. The topological polar surface area (TPSA) is 32.3 Å². The fourth-order valence-electron chi connectivity index (χ4n) is 2.41. The standard InChI is InChI=1S/C14H16ClF3N2O/c15-9-13(21)19-11-8-10(14(16,17)18)4-5-12(11)20-6-2-1-3-7-20/h4-5,8H,1-3,6-7,9H2,(H,19,21). The molecule has 0 spiro atoms. The maximum absolute atomic E-state index is 12.8. The molecule has 0 aliphatic carbocycles. The minimum Gasteiger partial charge on any atom is -0.370 e. The summed E-state index contributed by atoms with van der Waals surface area (Å²) in [5.41, 5.74) is -0.00771. The SMILES string of the molecule is O=C(CCl)Nc1cc(C(F)(F)F)ccc1N1CCCCC1. The minimum absolute atomic E-state index is 0.164. The van der Waals surface area contributed by atoms with Gasteiger partial charge in [-0.3, -0.25) is 4.79 Å². The number of carbonyl (C=O) groups is 1. The van der Waals surface area contributed by atoms with Gasteiger partial charge in [0.1, 0.15) is 5.88 Å². The van der Waals surface area contributed by atoms with Crippen LogP contribution < -0.4 is 10.2 Å². The number of benzene rings is 1. The van der Waals surface area contributed by atoms with Crippen LogP contribution in [0.3, 0.4) is 0 Å². The van der Waals surface area contributed by atoms with Crippen molar-refractivity contribution in [1.29, 1.82) is 0 Å². The third-order valence-electron chi connectivity index (χ3n) is 3.42. The zero-order chi connectivity index (χ0) is 15.5. The van der Waals surface area contributed by atoms with Crippen LogP contribution in [0.5, 0.6) is 0 Å². The van der Waals surface area contributed by atoms with E-state index < -0.39 is 17.6 Å². The molecule has 0 unspecified atom stereocenters. The molecule has 1 aliphatic rings. The van der Waals surface area contributed by atoms with E-state index in [0.717, 1.165) is 44.5 Å². The van der Waals surface area contributed by atoms with Crippen molar-refractivity contribution in [2.45, 2.75) is 25.4 Å². The highest BCUT2D eigenvalue weighted by molar-refractivity contribution is 6.29. The number of hydrogen-bond acceptors (Lipinski definition) is 2. The number of halogens is 4. The summed E-state index contributed by atoms with van der Waals surface area (Å²) in [4.78, 5) is 13.4. The van der Waals surface area contributed by atoms with E-state index in [9.17, 15) is 18.0 Å². The Balaban J connectivity index is 2.35. The van der Waals surface area contributed by atoms with Gasteiger partial charge in [0.05, 0.1) is 16.9 Å². The van der Waals surface area contributed by atoms with Gasteiger partial charge in [-0.05, 0) is 37.5 Å². The monoisotopic (exact) mass is 320 g/mol. The van der Waals surface area contributed by atoms with Crippen molar-refractivity contribution in [3.05, 3.63) is 23.8 Å². The fraction of sp³-hybridized carbons (Fsp3) is 0.500. The van der Waals surface area contributed by atoms with E-state index in [0.29, 0.717) is 5.69 Å². The average Bonchev–Trinajstić information content (AvgIpc) is 2.47. The van der Waals surface area contributed by atoms with E-state index >= 15 is 0 Å². The minimum atomic E-state index is -4.44. The lowest BCUT2D eigenvalue weighted by Crippen LogP contribution is -2.30. The van der Waals surface area contributed by atoms with Crippen molar-refractivity contribution in [2.24, 2.45) is 0 Å². The molecule has 0 bridgehead atoms. The second-order valence-corrected chi connectivity index (χ2v) is 5.23. The van der Waals surface area contributed by atoms with E-state index in [-0.39, 0.29) is 11.6 Å². The molecule has 1 aromatic carbocycles. The van der Waals surface area contributed by atoms with Gasteiger partial charge in [0, 0.05) is 13.1 Å². The van der Waals surface area contributed by atoms with Crippen LogP contribution in [-0.2, 0) is 11.0 Å². The molecular weight excluding hydrogens is 305 g/mol. The van der Waals surface area contributed by atoms with E-state index in [1.807, 2.05) is 4.90 Å². The predicted octanol–water partition coefficient (Wildman–Crippen LogP) is 3.87. The van der Waals surface area contributed by atoms with Crippen LogP contribution in [0.4, 0.5) is 24.5 Å². The van der Waals surface area contributed by atoms with Crippen molar-refractivity contribution in [1.82, 2.24) is 0 Å². The van der Waals surface area contributed by atoms with E-state index in [4.69, 9.17) is 11.6 Å². The summed E-state index contributed by atoms with van der Waals surface area (Å²) in [6.07, 6.45) is -1.35. The third-order valence-corrected chi connectivity index (χ3v) is 3.66. The molecule has 0 aromatic heterocycles. The Hall–Kier alpha value is -1.43. The molecule has 0 saturated carbocycles. The van der Waals surface area contributed by atoms with Crippen molar-refractivity contribution in [2.75, 3.05) is 29.2 Å². The Labute approximate surface area is 126 Å². The van der Waals surface area contributed by atoms with Gasteiger partial charge < -0.3 is 10.2 Å². The zero-order valence-corrected chi connectivity index (χ0v) is 12.1. The second kappa shape index (κ2) is 6.56. The van der Waals surface area contributed by atoms with Crippen molar-refractivity contribution < 1.29 is 18.0 Å². The molecule has 116 valence electrons. The van der Waals surface area contributed by atoms with Gasteiger partial charge in [-0.1, -0.05) is 0 Å². The lowest BCUT2D eigenvalue weighted by atomic mass is 10.1. The Bertz CT molecular complexity index is 513. The normalized spacial score (nSPS) is 15.9. The van der Waals surface area contributed by atoms with Gasteiger partial charge >= 0.3 is 6.18 Å². The van der Waals surface area contributed by atoms with Crippen molar-refractivity contribution in [3.8, 4) is 0 Å². The summed E-state index contributed by atoms with van der Waals surface area (Å²) in [6, 6.07) is 3.42. The molecule has 0 atom stereocenters. The van der Waals surface area contributed by atoms with Crippen molar-refractivity contribution >= 4 is 28.9 Å². The first-order chi connectivity index (χ1) is 9.91. The number of anilines is 2. The summed E-state index contributed by atoms with van der Waals surface area (Å²) >= 11 is 5.42. The molecule has 1 saturated heterocycles. The van der Waals surface area contributed by atoms with Gasteiger partial charge in [0.15, 0.2) is 0 Å². The number of amides is 1. The smallest absolute Gasteiger partial charge is 0.370 e. The lowest BCUT2D eigenvalue weighted by molar-refractivity contribution is -0.137. The molecule has 1 fully saturated rings. The lowest BCUT2D eigenvalue weighted by Gasteiger charge is -2.31. The van der Waals surface area contributed by atoms with Crippen LogP contribution in [0, 0.1) is 0 Å². The zero-order valence-electron chi connectivity index (χ0n) is 11.3. The highest BCUT2D eigenvalue weighted by atomic mass is 35.5. The van der Waals surface area contributed by atoms with Gasteiger partial charge in [-0.25, -0.2) is 0 Å². The maximum Gasteiger partial charge on any atom is 0.416 e. The second-order valence-electron chi connectivity index (χ2n) is 4.96. The van der Waals surface area contributed by atoms with Crippen molar-refractivity contribution in [3.63, 3.8) is 0 Å². The number of piperidine rings is 1. The Morgan fingerprint density at radius 2 is 1.90 bits per heavy atom. The first-order valence-electron chi connectivity index (χ1n) is 6.74. The summed E-state index contributed by atoms with van der Waals surface area (Å²) in [7, 11) is 0. The molecular formula is C14H16ClF3N2O. The Morgan fingerprint density at radius 1 is 1.24 bits per heavy atom. The number of hydrogen-bond donors (Lipinski definition) is 1. The van der Waals surface area contributed by atoms with Crippen LogP contribution in [0.2, 0.25) is 0 Å². The van der Waals surface area contributed by atoms with Crippen LogP contribution in [0.15, 0.2) is 18.2 Å². The van der Waals surface area contributed by atoms with Crippen LogP contribution in [-0.4, -0.2) is 24.9 Å². The van der Waals surface area contributed by atoms with Gasteiger partial charge in [-0.15, -0.1) is 11.6 Å². The third kappa shape index (κ3) is 4.03. The van der Waals surface area contributed by atoms with E-state index in [1.54, 1.807) is 0 Å². The number of alkyl halides is 4. The Kier molecular flexibility index (Phi) is 4.98. The number of carbonyl (C=O) groups excluding carboxylic acids is 1. The first kappa shape index (κ1) is 15.9. The van der Waals surface area contributed by atoms with Gasteiger partial charge in [0.2, 0.25) is 5.91 Å².